The largest absolute Gasteiger partial charge is 0.444 e. The molecule has 1 aromatic carbocycles. The molecule has 4 nitrogen and oxygen atoms in total. The molecule has 0 amide bonds. The van der Waals surface area contributed by atoms with Crippen LogP contribution in [0.1, 0.15) is 63.7 Å². The number of nitrogens with two attached hydrogens (primary N) is 1. The SMILES string of the molecule is CCCC.CCCCNc1ccc(C(=O)OC(C)N)cc1.Cl. The molecule has 0 aromatic heterocycles. The molecule has 0 aliphatic heterocycles. The van der Waals surface area contributed by atoms with Gasteiger partial charge in [0.25, 0.3) is 0 Å². The third-order valence-corrected chi connectivity index (χ3v) is 2.77. The molecule has 1 aromatic rings. The van der Waals surface area contributed by atoms with Crippen LogP contribution in [-0.2, 0) is 4.74 Å². The highest BCUT2D eigenvalue weighted by Crippen LogP contribution is 2.11. The Kier molecular flexibility index (Phi) is 15.3. The second-order valence-electron chi connectivity index (χ2n) is 4.97. The van der Waals surface area contributed by atoms with E-state index in [9.17, 15) is 4.79 Å². The van der Waals surface area contributed by atoms with Gasteiger partial charge >= 0.3 is 5.97 Å². The molecular formula is C17H31ClN2O2. The smallest absolute Gasteiger partial charge is 0.339 e. The van der Waals surface area contributed by atoms with E-state index in [4.69, 9.17) is 10.5 Å². The fraction of sp³-hybridized carbons (Fsp3) is 0.588. The highest BCUT2D eigenvalue weighted by Gasteiger charge is 2.08. The van der Waals surface area contributed by atoms with E-state index in [0.29, 0.717) is 5.56 Å². The lowest BCUT2D eigenvalue weighted by Crippen LogP contribution is -2.23. The maximum absolute atomic E-state index is 11.5. The summed E-state index contributed by atoms with van der Waals surface area (Å²) in [5, 5.41) is 3.28. The fourth-order valence-electron chi connectivity index (χ4n) is 1.37. The molecule has 0 heterocycles. The van der Waals surface area contributed by atoms with Crippen molar-refractivity contribution in [1.82, 2.24) is 0 Å². The van der Waals surface area contributed by atoms with E-state index in [1.165, 1.54) is 12.8 Å². The molecule has 0 aliphatic rings. The second kappa shape index (κ2) is 14.7. The summed E-state index contributed by atoms with van der Waals surface area (Å²) in [6.07, 6.45) is 4.35. The zero-order valence-electron chi connectivity index (χ0n) is 14.2. The number of carbonyl (C=O) groups is 1. The Hall–Kier alpha value is -1.26. The van der Waals surface area contributed by atoms with E-state index in [2.05, 4.69) is 26.1 Å². The summed E-state index contributed by atoms with van der Waals surface area (Å²) >= 11 is 0. The molecule has 0 saturated heterocycles. The van der Waals surface area contributed by atoms with Gasteiger partial charge in [-0.25, -0.2) is 4.79 Å². The number of hydrogen-bond donors (Lipinski definition) is 2. The molecule has 0 spiro atoms. The molecule has 0 bridgehead atoms. The van der Waals surface area contributed by atoms with Crippen molar-refractivity contribution >= 4 is 24.1 Å². The van der Waals surface area contributed by atoms with Gasteiger partial charge in [0.05, 0.1) is 5.56 Å². The van der Waals surface area contributed by atoms with E-state index in [1.54, 1.807) is 19.1 Å². The van der Waals surface area contributed by atoms with Crippen LogP contribution in [0.25, 0.3) is 0 Å². The normalized spacial score (nSPS) is 10.6. The van der Waals surface area contributed by atoms with Crippen LogP contribution in [0.3, 0.4) is 0 Å². The summed E-state index contributed by atoms with van der Waals surface area (Å²) in [5.74, 6) is -0.389. The van der Waals surface area contributed by atoms with Gasteiger partial charge in [-0.15, -0.1) is 12.4 Å². The van der Waals surface area contributed by atoms with Gasteiger partial charge in [-0.3, -0.25) is 5.73 Å². The van der Waals surface area contributed by atoms with Crippen LogP contribution < -0.4 is 11.1 Å². The number of nitrogens with one attached hydrogen (secondary N) is 1. The first kappa shape index (κ1) is 23.0. The number of carbonyl (C=O) groups excluding carboxylic acids is 1. The van der Waals surface area contributed by atoms with Crippen molar-refractivity contribution in [1.29, 1.82) is 0 Å². The van der Waals surface area contributed by atoms with Crippen LogP contribution in [0.2, 0.25) is 0 Å². The van der Waals surface area contributed by atoms with Crippen LogP contribution in [0.15, 0.2) is 24.3 Å². The Morgan fingerprint density at radius 2 is 1.68 bits per heavy atom. The second-order valence-corrected chi connectivity index (χ2v) is 4.97. The van der Waals surface area contributed by atoms with Crippen molar-refractivity contribution in [3.05, 3.63) is 29.8 Å². The van der Waals surface area contributed by atoms with Crippen LogP contribution in [-0.4, -0.2) is 18.7 Å². The van der Waals surface area contributed by atoms with Crippen molar-refractivity contribution in [3.63, 3.8) is 0 Å². The third-order valence-electron chi connectivity index (χ3n) is 2.77. The van der Waals surface area contributed by atoms with Crippen LogP contribution >= 0.6 is 12.4 Å². The number of halogens is 1. The quantitative estimate of drug-likeness (QED) is 0.436. The average Bonchev–Trinajstić information content (AvgIpc) is 2.48. The molecule has 1 rings (SSSR count). The Morgan fingerprint density at radius 1 is 1.14 bits per heavy atom. The molecule has 5 heteroatoms. The summed E-state index contributed by atoms with van der Waals surface area (Å²) in [7, 11) is 0. The van der Waals surface area contributed by atoms with E-state index in [-0.39, 0.29) is 18.4 Å². The Morgan fingerprint density at radius 3 is 2.09 bits per heavy atom. The molecule has 3 N–H and O–H groups in total. The molecule has 128 valence electrons. The van der Waals surface area contributed by atoms with Crippen LogP contribution in [0.5, 0.6) is 0 Å². The maximum atomic E-state index is 11.5. The summed E-state index contributed by atoms with van der Waals surface area (Å²) in [6.45, 7) is 9.08. The van der Waals surface area contributed by atoms with E-state index in [1.807, 2.05) is 12.1 Å². The topological polar surface area (TPSA) is 64.3 Å². The Balaban J connectivity index is 0. The number of unbranched alkanes of at least 4 members (excludes halogenated alkanes) is 2. The summed E-state index contributed by atoms with van der Waals surface area (Å²) < 4.78 is 4.89. The number of rotatable bonds is 7. The maximum Gasteiger partial charge on any atom is 0.339 e. The fourth-order valence-corrected chi connectivity index (χ4v) is 1.37. The zero-order valence-corrected chi connectivity index (χ0v) is 15.0. The first-order chi connectivity index (χ1) is 10.0. The average molecular weight is 331 g/mol. The zero-order chi connectivity index (χ0) is 16.1. The molecule has 22 heavy (non-hydrogen) atoms. The first-order valence-corrected chi connectivity index (χ1v) is 7.85. The molecule has 1 atom stereocenters. The van der Waals surface area contributed by atoms with Gasteiger partial charge in [0.1, 0.15) is 6.23 Å². The lowest BCUT2D eigenvalue weighted by Gasteiger charge is -2.09. The number of hydrogen-bond acceptors (Lipinski definition) is 4. The standard InChI is InChI=1S/C13H20N2O2.C4H10.ClH/c1-3-4-9-15-12-7-5-11(6-8-12)13(16)17-10(2)14;1-3-4-2;/h5-8,10,15H,3-4,9,14H2,1-2H3;3-4H2,1-2H3;1H. The van der Waals surface area contributed by atoms with Crippen LogP contribution in [0, 0.1) is 0 Å². The van der Waals surface area contributed by atoms with Gasteiger partial charge < -0.3 is 10.1 Å². The highest BCUT2D eigenvalue weighted by atomic mass is 35.5. The molecule has 0 fully saturated rings. The van der Waals surface area contributed by atoms with Crippen molar-refractivity contribution in [2.45, 2.75) is 59.6 Å². The molecule has 1 unspecified atom stereocenters. The predicted octanol–water partition coefficient (Wildman–Crippen LogP) is 4.59. The van der Waals surface area contributed by atoms with E-state index < -0.39 is 6.23 Å². The van der Waals surface area contributed by atoms with Gasteiger partial charge in [-0.1, -0.05) is 40.0 Å². The Labute approximate surface area is 141 Å². The van der Waals surface area contributed by atoms with Crippen molar-refractivity contribution in [2.24, 2.45) is 5.73 Å². The van der Waals surface area contributed by atoms with E-state index in [0.717, 1.165) is 25.1 Å². The first-order valence-electron chi connectivity index (χ1n) is 7.85. The van der Waals surface area contributed by atoms with Gasteiger partial charge in [0.2, 0.25) is 0 Å². The third kappa shape index (κ3) is 11.4. The summed E-state index contributed by atoms with van der Waals surface area (Å²) in [5.41, 5.74) is 6.91. The molecular weight excluding hydrogens is 300 g/mol. The molecule has 0 aliphatic carbocycles. The van der Waals surface area contributed by atoms with Crippen molar-refractivity contribution < 1.29 is 9.53 Å². The van der Waals surface area contributed by atoms with Gasteiger partial charge in [0, 0.05) is 12.2 Å². The minimum atomic E-state index is -0.579. The lowest BCUT2D eigenvalue weighted by atomic mass is 10.2. The van der Waals surface area contributed by atoms with Crippen LogP contribution in [0.4, 0.5) is 5.69 Å². The summed E-state index contributed by atoms with van der Waals surface area (Å²) in [6, 6.07) is 7.21. The predicted molar refractivity (Wildman–Crippen MR) is 96.7 cm³/mol. The minimum absolute atomic E-state index is 0. The highest BCUT2D eigenvalue weighted by molar-refractivity contribution is 5.89. The van der Waals surface area contributed by atoms with E-state index >= 15 is 0 Å². The lowest BCUT2D eigenvalue weighted by molar-refractivity contribution is 0.0355. The van der Waals surface area contributed by atoms with Crippen molar-refractivity contribution in [3.8, 4) is 0 Å². The monoisotopic (exact) mass is 330 g/mol. The van der Waals surface area contributed by atoms with Gasteiger partial charge in [-0.05, 0) is 37.6 Å². The molecule has 0 radical (unpaired) electrons. The van der Waals surface area contributed by atoms with Gasteiger partial charge in [0.15, 0.2) is 0 Å². The summed E-state index contributed by atoms with van der Waals surface area (Å²) in [4.78, 5) is 11.5. The number of benzene rings is 1. The van der Waals surface area contributed by atoms with Crippen molar-refractivity contribution in [2.75, 3.05) is 11.9 Å². The molecule has 0 saturated carbocycles. The minimum Gasteiger partial charge on any atom is -0.444 e. The van der Waals surface area contributed by atoms with Gasteiger partial charge in [-0.2, -0.15) is 0 Å². The Bertz CT molecular complexity index is 379. The number of anilines is 1. The number of esters is 1. The number of ether oxygens (including phenoxy) is 1.